The number of amides is 1. The number of hydrogen-bond acceptors (Lipinski definition) is 2. The zero-order valence-corrected chi connectivity index (χ0v) is 4.05. The Morgan fingerprint density at radius 2 is 2.29 bits per heavy atom. The summed E-state index contributed by atoms with van der Waals surface area (Å²) in [4.78, 5) is 9.87. The van der Waals surface area contributed by atoms with Crippen molar-refractivity contribution in [3.63, 3.8) is 0 Å². The van der Waals surface area contributed by atoms with Crippen LogP contribution in [0.1, 0.15) is 6.42 Å². The average Bonchev–Trinajstić information content (AvgIpc) is 1.61. The lowest BCUT2D eigenvalue weighted by molar-refractivity contribution is -0.115. The highest BCUT2D eigenvalue weighted by atomic mass is 16.1. The van der Waals surface area contributed by atoms with Gasteiger partial charge in [0.05, 0.1) is 6.42 Å². The van der Waals surface area contributed by atoms with E-state index in [1.807, 2.05) is 0 Å². The molecular formula is C4H9N2O. The van der Waals surface area contributed by atoms with Crippen LogP contribution in [0, 0.1) is 6.42 Å². The molecule has 0 aliphatic rings. The molecule has 0 unspecified atom stereocenters. The molecule has 0 aliphatic heterocycles. The minimum atomic E-state index is -0.398. The van der Waals surface area contributed by atoms with E-state index in [2.05, 4.69) is 0 Å². The first-order valence-electron chi connectivity index (χ1n) is 2.10. The molecule has 0 rings (SSSR count). The molecule has 0 aromatic rings. The Morgan fingerprint density at radius 3 is 2.43 bits per heavy atom. The average molecular weight is 101 g/mol. The summed E-state index contributed by atoms with van der Waals surface area (Å²) < 4.78 is 0. The van der Waals surface area contributed by atoms with Crippen molar-refractivity contribution in [2.45, 2.75) is 6.42 Å². The molecule has 1 amide bonds. The van der Waals surface area contributed by atoms with Gasteiger partial charge in [0.15, 0.2) is 0 Å². The topological polar surface area (TPSA) is 69.1 Å². The number of rotatable bonds is 3. The van der Waals surface area contributed by atoms with E-state index in [1.54, 1.807) is 0 Å². The van der Waals surface area contributed by atoms with E-state index >= 15 is 0 Å². The SMILES string of the molecule is NCC[CH]C(N)=O. The summed E-state index contributed by atoms with van der Waals surface area (Å²) in [5.74, 6) is -0.398. The molecule has 1 radical (unpaired) electrons. The van der Waals surface area contributed by atoms with Gasteiger partial charge in [0.1, 0.15) is 0 Å². The minimum absolute atomic E-state index is 0.398. The maximum Gasteiger partial charge on any atom is 0.221 e. The predicted molar refractivity (Wildman–Crippen MR) is 27.2 cm³/mol. The minimum Gasteiger partial charge on any atom is -0.369 e. The van der Waals surface area contributed by atoms with E-state index in [1.165, 1.54) is 6.42 Å². The summed E-state index contributed by atoms with van der Waals surface area (Å²) in [5.41, 5.74) is 9.77. The molecule has 0 aromatic carbocycles. The van der Waals surface area contributed by atoms with Crippen LogP contribution in [0.25, 0.3) is 0 Å². The van der Waals surface area contributed by atoms with Gasteiger partial charge in [0.2, 0.25) is 5.91 Å². The van der Waals surface area contributed by atoms with Crippen molar-refractivity contribution in [2.75, 3.05) is 6.54 Å². The van der Waals surface area contributed by atoms with Crippen molar-refractivity contribution in [2.24, 2.45) is 11.5 Å². The van der Waals surface area contributed by atoms with Crippen LogP contribution in [-0.4, -0.2) is 12.5 Å². The molecule has 3 nitrogen and oxygen atoms in total. The molecule has 0 aromatic heterocycles. The van der Waals surface area contributed by atoms with Crippen molar-refractivity contribution in [1.29, 1.82) is 0 Å². The second kappa shape index (κ2) is 3.61. The predicted octanol–water partition coefficient (Wildman–Crippen LogP) is -0.975. The summed E-state index contributed by atoms with van der Waals surface area (Å²) in [7, 11) is 0. The van der Waals surface area contributed by atoms with E-state index in [9.17, 15) is 4.79 Å². The third-order valence-corrected chi connectivity index (χ3v) is 0.512. The van der Waals surface area contributed by atoms with Gasteiger partial charge in [-0.2, -0.15) is 0 Å². The normalized spacial score (nSPS) is 8.71. The first-order valence-corrected chi connectivity index (χ1v) is 2.10. The van der Waals surface area contributed by atoms with Gasteiger partial charge < -0.3 is 11.5 Å². The van der Waals surface area contributed by atoms with Crippen LogP contribution in [-0.2, 0) is 4.79 Å². The molecule has 0 aliphatic carbocycles. The quantitative estimate of drug-likeness (QED) is 0.480. The van der Waals surface area contributed by atoms with E-state index in [0.29, 0.717) is 13.0 Å². The standard InChI is InChI=1S/C4H9N2O/c5-3-1-2-4(6)7/h2H,1,3,5H2,(H2,6,7). The van der Waals surface area contributed by atoms with Crippen LogP contribution in [0.3, 0.4) is 0 Å². The number of nitrogens with two attached hydrogens (primary N) is 2. The Morgan fingerprint density at radius 1 is 1.71 bits per heavy atom. The van der Waals surface area contributed by atoms with Crippen molar-refractivity contribution in [3.05, 3.63) is 6.42 Å². The van der Waals surface area contributed by atoms with E-state index in [4.69, 9.17) is 11.5 Å². The third kappa shape index (κ3) is 5.43. The number of hydrogen-bond donors (Lipinski definition) is 2. The molecule has 0 spiro atoms. The molecule has 0 atom stereocenters. The maximum absolute atomic E-state index is 9.87. The molecule has 41 valence electrons. The van der Waals surface area contributed by atoms with Gasteiger partial charge in [-0.05, 0) is 13.0 Å². The highest BCUT2D eigenvalue weighted by Crippen LogP contribution is 1.77. The van der Waals surface area contributed by atoms with Gasteiger partial charge in [-0.15, -0.1) is 0 Å². The van der Waals surface area contributed by atoms with Crippen molar-refractivity contribution >= 4 is 5.91 Å². The summed E-state index contributed by atoms with van der Waals surface area (Å²) in [6.45, 7) is 0.489. The van der Waals surface area contributed by atoms with Crippen LogP contribution in [0.15, 0.2) is 0 Å². The second-order valence-electron chi connectivity index (χ2n) is 1.18. The molecule has 4 N–H and O–H groups in total. The van der Waals surface area contributed by atoms with Gasteiger partial charge in [-0.1, -0.05) is 0 Å². The van der Waals surface area contributed by atoms with Gasteiger partial charge >= 0.3 is 0 Å². The molecule has 0 heterocycles. The zero-order valence-electron chi connectivity index (χ0n) is 4.05. The van der Waals surface area contributed by atoms with Crippen LogP contribution < -0.4 is 11.5 Å². The molecule has 0 saturated heterocycles. The largest absolute Gasteiger partial charge is 0.369 e. The molecule has 7 heavy (non-hydrogen) atoms. The van der Waals surface area contributed by atoms with Crippen LogP contribution in [0.4, 0.5) is 0 Å². The lowest BCUT2D eigenvalue weighted by Gasteiger charge is -1.86. The number of primary amides is 1. The van der Waals surface area contributed by atoms with Crippen molar-refractivity contribution in [3.8, 4) is 0 Å². The smallest absolute Gasteiger partial charge is 0.221 e. The van der Waals surface area contributed by atoms with Gasteiger partial charge in [0.25, 0.3) is 0 Å². The molecule has 0 saturated carbocycles. The van der Waals surface area contributed by atoms with Gasteiger partial charge in [0, 0.05) is 0 Å². The van der Waals surface area contributed by atoms with Gasteiger partial charge in [-0.25, -0.2) is 0 Å². The first kappa shape index (κ1) is 6.43. The maximum atomic E-state index is 9.87. The fraction of sp³-hybridized carbons (Fsp3) is 0.500. The summed E-state index contributed by atoms with van der Waals surface area (Å²) in [6.07, 6.45) is 1.94. The Balaban J connectivity index is 2.82. The Kier molecular flexibility index (Phi) is 3.32. The van der Waals surface area contributed by atoms with Crippen LogP contribution >= 0.6 is 0 Å². The summed E-state index contributed by atoms with van der Waals surface area (Å²) >= 11 is 0. The van der Waals surface area contributed by atoms with E-state index in [0.717, 1.165) is 0 Å². The highest BCUT2D eigenvalue weighted by molar-refractivity contribution is 5.82. The summed E-state index contributed by atoms with van der Waals surface area (Å²) in [5, 5.41) is 0. The number of carbonyl (C=O) groups is 1. The number of carbonyl (C=O) groups excluding carboxylic acids is 1. The van der Waals surface area contributed by atoms with Crippen molar-refractivity contribution in [1.82, 2.24) is 0 Å². The first-order chi connectivity index (χ1) is 3.27. The third-order valence-electron chi connectivity index (χ3n) is 0.512. The lowest BCUT2D eigenvalue weighted by atomic mass is 10.3. The molecular weight excluding hydrogens is 92.1 g/mol. The molecule has 0 bridgehead atoms. The Labute approximate surface area is 42.7 Å². The summed E-state index contributed by atoms with van der Waals surface area (Å²) in [6, 6.07) is 0. The highest BCUT2D eigenvalue weighted by Gasteiger charge is 1.89. The zero-order chi connectivity index (χ0) is 5.70. The van der Waals surface area contributed by atoms with Gasteiger partial charge in [-0.3, -0.25) is 4.79 Å². The van der Waals surface area contributed by atoms with Crippen LogP contribution in [0.2, 0.25) is 0 Å². The lowest BCUT2D eigenvalue weighted by Crippen LogP contribution is -2.13. The second-order valence-corrected chi connectivity index (χ2v) is 1.18. The van der Waals surface area contributed by atoms with E-state index < -0.39 is 5.91 Å². The van der Waals surface area contributed by atoms with Crippen LogP contribution in [0.5, 0.6) is 0 Å². The van der Waals surface area contributed by atoms with E-state index in [-0.39, 0.29) is 0 Å². The van der Waals surface area contributed by atoms with Crippen molar-refractivity contribution < 1.29 is 4.79 Å². The Hall–Kier alpha value is -0.570. The monoisotopic (exact) mass is 101 g/mol. The fourth-order valence-corrected chi connectivity index (χ4v) is 0.226. The molecule has 0 fully saturated rings. The fourth-order valence-electron chi connectivity index (χ4n) is 0.226. The Bertz CT molecular complexity index is 62.7. The molecule has 3 heteroatoms.